The van der Waals surface area contributed by atoms with Crippen LogP contribution in [0.3, 0.4) is 0 Å². The van der Waals surface area contributed by atoms with Crippen molar-refractivity contribution >= 4 is 11.7 Å². The van der Waals surface area contributed by atoms with Gasteiger partial charge in [0, 0.05) is 30.4 Å². The first kappa shape index (κ1) is 20.4. The van der Waals surface area contributed by atoms with Crippen LogP contribution in [0, 0.1) is 0 Å². The van der Waals surface area contributed by atoms with Crippen LogP contribution >= 0.6 is 0 Å². The lowest BCUT2D eigenvalue weighted by atomic mass is 10.1. The van der Waals surface area contributed by atoms with Gasteiger partial charge < -0.3 is 25.2 Å². The average Bonchev–Trinajstić information content (AvgIpc) is 2.65. The normalized spacial score (nSPS) is 12.2. The third-order valence-corrected chi connectivity index (χ3v) is 3.69. The highest BCUT2D eigenvalue weighted by atomic mass is 19.4. The molecule has 0 fully saturated rings. The molecule has 27 heavy (non-hydrogen) atoms. The molecule has 2 aromatic rings. The molecule has 1 unspecified atom stereocenters. The standard InChI is InChI=1S/C18H19F3N2O4/c1-26-14-7-13(8-15(9-14)27-2)23-17(25)22-10-16(24)11-3-5-12(6-4-11)18(19,20)21/h3-9,16,24H,10H2,1-2H3,(H2,22,23,25). The lowest BCUT2D eigenvalue weighted by Crippen LogP contribution is -2.32. The first-order chi connectivity index (χ1) is 12.7. The van der Waals surface area contributed by atoms with E-state index in [2.05, 4.69) is 10.6 Å². The maximum atomic E-state index is 12.5. The van der Waals surface area contributed by atoms with Crippen molar-refractivity contribution in [2.75, 3.05) is 26.1 Å². The van der Waals surface area contributed by atoms with E-state index in [4.69, 9.17) is 9.47 Å². The number of carbonyl (C=O) groups excluding carboxylic acids is 1. The van der Waals surface area contributed by atoms with Gasteiger partial charge in [-0.3, -0.25) is 0 Å². The number of nitrogens with one attached hydrogen (secondary N) is 2. The third kappa shape index (κ3) is 5.78. The van der Waals surface area contributed by atoms with E-state index in [1.165, 1.54) is 26.4 Å². The number of amides is 2. The summed E-state index contributed by atoms with van der Waals surface area (Å²) in [5.41, 5.74) is -0.143. The smallest absolute Gasteiger partial charge is 0.416 e. The zero-order valence-electron chi connectivity index (χ0n) is 14.6. The van der Waals surface area contributed by atoms with Gasteiger partial charge in [-0.25, -0.2) is 4.79 Å². The number of aliphatic hydroxyl groups is 1. The van der Waals surface area contributed by atoms with Crippen molar-refractivity contribution in [1.82, 2.24) is 5.32 Å². The van der Waals surface area contributed by atoms with Crippen LogP contribution < -0.4 is 20.1 Å². The maximum absolute atomic E-state index is 12.5. The Kier molecular flexibility index (Phi) is 6.51. The largest absolute Gasteiger partial charge is 0.497 e. The first-order valence-electron chi connectivity index (χ1n) is 7.86. The van der Waals surface area contributed by atoms with Gasteiger partial charge in [0.25, 0.3) is 0 Å². The molecule has 0 aliphatic heterocycles. The monoisotopic (exact) mass is 384 g/mol. The van der Waals surface area contributed by atoms with E-state index in [0.717, 1.165) is 12.1 Å². The molecule has 0 spiro atoms. The van der Waals surface area contributed by atoms with Gasteiger partial charge in [-0.1, -0.05) is 12.1 Å². The fraction of sp³-hybridized carbons (Fsp3) is 0.278. The van der Waals surface area contributed by atoms with Gasteiger partial charge >= 0.3 is 12.2 Å². The molecule has 0 heterocycles. The third-order valence-electron chi connectivity index (χ3n) is 3.69. The summed E-state index contributed by atoms with van der Waals surface area (Å²) in [6.07, 6.45) is -5.60. The van der Waals surface area contributed by atoms with E-state index in [1.54, 1.807) is 18.2 Å². The number of aliphatic hydroxyl groups excluding tert-OH is 1. The van der Waals surface area contributed by atoms with E-state index >= 15 is 0 Å². The van der Waals surface area contributed by atoms with Crippen LogP contribution in [0.5, 0.6) is 11.5 Å². The lowest BCUT2D eigenvalue weighted by molar-refractivity contribution is -0.137. The molecule has 0 aliphatic rings. The first-order valence-corrected chi connectivity index (χ1v) is 7.86. The van der Waals surface area contributed by atoms with Gasteiger partial charge in [-0.2, -0.15) is 13.2 Å². The number of carbonyl (C=O) groups is 1. The number of anilines is 1. The number of alkyl halides is 3. The molecule has 0 aliphatic carbocycles. The summed E-state index contributed by atoms with van der Waals surface area (Å²) in [6.45, 7) is -0.182. The number of hydrogen-bond acceptors (Lipinski definition) is 4. The molecule has 146 valence electrons. The topological polar surface area (TPSA) is 79.8 Å². The van der Waals surface area contributed by atoms with E-state index < -0.39 is 23.9 Å². The molecular weight excluding hydrogens is 365 g/mol. The Bertz CT molecular complexity index is 757. The summed E-state index contributed by atoms with van der Waals surface area (Å²) in [5, 5.41) is 15.0. The number of hydrogen-bond donors (Lipinski definition) is 3. The Morgan fingerprint density at radius 2 is 1.63 bits per heavy atom. The van der Waals surface area contributed by atoms with Gasteiger partial charge in [0.2, 0.25) is 0 Å². The quantitative estimate of drug-likeness (QED) is 0.711. The average molecular weight is 384 g/mol. The Morgan fingerprint density at radius 3 is 2.11 bits per heavy atom. The number of urea groups is 1. The fourth-order valence-corrected chi connectivity index (χ4v) is 2.26. The van der Waals surface area contributed by atoms with Crippen molar-refractivity contribution in [1.29, 1.82) is 0 Å². The van der Waals surface area contributed by atoms with E-state index in [-0.39, 0.29) is 12.1 Å². The van der Waals surface area contributed by atoms with Crippen molar-refractivity contribution in [3.63, 3.8) is 0 Å². The minimum atomic E-state index is -4.45. The highest BCUT2D eigenvalue weighted by molar-refractivity contribution is 5.89. The van der Waals surface area contributed by atoms with Crippen molar-refractivity contribution in [3.8, 4) is 11.5 Å². The Balaban J connectivity index is 1.93. The number of ether oxygens (including phenoxy) is 2. The molecule has 0 saturated carbocycles. The summed E-state index contributed by atoms with van der Waals surface area (Å²) in [4.78, 5) is 12.0. The predicted octanol–water partition coefficient (Wildman–Crippen LogP) is 3.58. The molecule has 2 aromatic carbocycles. The number of benzene rings is 2. The minimum Gasteiger partial charge on any atom is -0.497 e. The van der Waals surface area contributed by atoms with Crippen LogP contribution in [0.25, 0.3) is 0 Å². The van der Waals surface area contributed by atoms with Crippen LogP contribution in [-0.4, -0.2) is 31.9 Å². The minimum absolute atomic E-state index is 0.182. The van der Waals surface area contributed by atoms with Gasteiger partial charge in [0.15, 0.2) is 0 Å². The summed E-state index contributed by atoms with van der Waals surface area (Å²) < 4.78 is 47.8. The summed E-state index contributed by atoms with van der Waals surface area (Å²) >= 11 is 0. The number of methoxy groups -OCH3 is 2. The molecule has 0 radical (unpaired) electrons. The van der Waals surface area contributed by atoms with Crippen molar-refractivity contribution in [2.24, 2.45) is 0 Å². The Hall–Kier alpha value is -2.94. The van der Waals surface area contributed by atoms with E-state index in [9.17, 15) is 23.1 Å². The fourth-order valence-electron chi connectivity index (χ4n) is 2.26. The highest BCUT2D eigenvalue weighted by Gasteiger charge is 2.30. The van der Waals surface area contributed by atoms with Crippen LogP contribution in [0.15, 0.2) is 42.5 Å². The molecule has 2 amide bonds. The van der Waals surface area contributed by atoms with Crippen LogP contribution in [-0.2, 0) is 6.18 Å². The Morgan fingerprint density at radius 1 is 1.07 bits per heavy atom. The second-order valence-electron chi connectivity index (χ2n) is 5.57. The molecule has 0 saturated heterocycles. The zero-order chi connectivity index (χ0) is 20.0. The van der Waals surface area contributed by atoms with E-state index in [1.807, 2.05) is 0 Å². The molecule has 3 N–H and O–H groups in total. The van der Waals surface area contributed by atoms with Crippen molar-refractivity contribution in [3.05, 3.63) is 53.6 Å². The van der Waals surface area contributed by atoms with Gasteiger partial charge in [-0.05, 0) is 17.7 Å². The molecule has 9 heteroatoms. The molecular formula is C18H19F3N2O4. The lowest BCUT2D eigenvalue weighted by Gasteiger charge is -2.15. The van der Waals surface area contributed by atoms with Crippen LogP contribution in [0.1, 0.15) is 17.2 Å². The van der Waals surface area contributed by atoms with Gasteiger partial charge in [0.05, 0.1) is 25.9 Å². The maximum Gasteiger partial charge on any atom is 0.416 e. The second kappa shape index (κ2) is 8.63. The molecule has 2 rings (SSSR count). The molecule has 0 aromatic heterocycles. The second-order valence-corrected chi connectivity index (χ2v) is 5.57. The van der Waals surface area contributed by atoms with Crippen molar-refractivity contribution in [2.45, 2.75) is 12.3 Å². The Labute approximate surface area is 153 Å². The number of halogens is 3. The van der Waals surface area contributed by atoms with E-state index in [0.29, 0.717) is 17.2 Å². The SMILES string of the molecule is COc1cc(NC(=O)NCC(O)c2ccc(C(F)(F)F)cc2)cc(OC)c1. The van der Waals surface area contributed by atoms with Crippen LogP contribution in [0.2, 0.25) is 0 Å². The molecule has 1 atom stereocenters. The summed E-state index contributed by atoms with van der Waals surface area (Å²) in [7, 11) is 2.94. The predicted molar refractivity (Wildman–Crippen MR) is 93.0 cm³/mol. The van der Waals surface area contributed by atoms with Crippen LogP contribution in [0.4, 0.5) is 23.7 Å². The summed E-state index contributed by atoms with van der Waals surface area (Å²) in [6, 6.07) is 8.28. The zero-order valence-corrected chi connectivity index (χ0v) is 14.6. The highest BCUT2D eigenvalue weighted by Crippen LogP contribution is 2.30. The van der Waals surface area contributed by atoms with Gasteiger partial charge in [-0.15, -0.1) is 0 Å². The van der Waals surface area contributed by atoms with Gasteiger partial charge in [0.1, 0.15) is 11.5 Å². The summed E-state index contributed by atoms with van der Waals surface area (Å²) in [5.74, 6) is 0.962. The van der Waals surface area contributed by atoms with Crippen molar-refractivity contribution < 1.29 is 32.5 Å². The number of rotatable bonds is 6. The molecule has 0 bridgehead atoms. The molecule has 6 nitrogen and oxygen atoms in total.